The molecule has 0 fully saturated rings. The molecule has 6 heteroatoms. The summed E-state index contributed by atoms with van der Waals surface area (Å²) < 4.78 is 6.87. The summed E-state index contributed by atoms with van der Waals surface area (Å²) in [4.78, 5) is 11.5. The summed E-state index contributed by atoms with van der Waals surface area (Å²) in [5.41, 5.74) is 0.827. The summed E-state index contributed by atoms with van der Waals surface area (Å²) in [5, 5.41) is 4.28. The van der Waals surface area contributed by atoms with Crippen molar-refractivity contribution in [2.75, 3.05) is 11.9 Å². The van der Waals surface area contributed by atoms with Gasteiger partial charge in [0, 0.05) is 10.7 Å². The van der Waals surface area contributed by atoms with Crippen molar-refractivity contribution in [1.82, 2.24) is 15.0 Å². The van der Waals surface area contributed by atoms with Crippen LogP contribution in [0.1, 0.15) is 6.92 Å². The molecule has 0 amide bonds. The minimum absolute atomic E-state index is 0.0169. The fraction of sp³-hybridized carbons (Fsp3) is 0.200. The fourth-order valence-corrected chi connectivity index (χ4v) is 2.45. The van der Waals surface area contributed by atoms with Gasteiger partial charge in [-0.1, -0.05) is 22.0 Å². The third-order valence-electron chi connectivity index (χ3n) is 3.04. The van der Waals surface area contributed by atoms with Gasteiger partial charge in [-0.15, -0.1) is 0 Å². The minimum Gasteiger partial charge on any atom is -0.489 e. The number of hydrogen-bond donors (Lipinski definition) is 2. The third-order valence-corrected chi connectivity index (χ3v) is 3.54. The summed E-state index contributed by atoms with van der Waals surface area (Å²) in [5.74, 6) is 1.65. The van der Waals surface area contributed by atoms with Gasteiger partial charge >= 0.3 is 0 Å². The van der Waals surface area contributed by atoms with Crippen LogP contribution in [0.3, 0.4) is 0 Å². The molecule has 0 aliphatic heterocycles. The van der Waals surface area contributed by atoms with Gasteiger partial charge in [-0.2, -0.15) is 0 Å². The van der Waals surface area contributed by atoms with Gasteiger partial charge in [-0.05, 0) is 31.2 Å². The Bertz CT molecular complexity index is 743. The summed E-state index contributed by atoms with van der Waals surface area (Å²) in [7, 11) is 0. The van der Waals surface area contributed by atoms with E-state index in [0.717, 1.165) is 27.1 Å². The highest BCUT2D eigenvalue weighted by Crippen LogP contribution is 2.20. The van der Waals surface area contributed by atoms with Crippen LogP contribution >= 0.6 is 15.9 Å². The van der Waals surface area contributed by atoms with E-state index in [9.17, 15) is 0 Å². The van der Waals surface area contributed by atoms with Gasteiger partial charge in [0.2, 0.25) is 0 Å². The average Bonchev–Trinajstić information content (AvgIpc) is 2.94. The number of benzene rings is 1. The Labute approximate surface area is 130 Å². The quantitative estimate of drug-likeness (QED) is 0.740. The second kappa shape index (κ2) is 6.13. The highest BCUT2D eigenvalue weighted by atomic mass is 79.9. The van der Waals surface area contributed by atoms with Crippen molar-refractivity contribution in [3.8, 4) is 5.75 Å². The summed E-state index contributed by atoms with van der Waals surface area (Å²) >= 11 is 3.43. The molecule has 0 bridgehead atoms. The van der Waals surface area contributed by atoms with Crippen LogP contribution in [0.4, 0.5) is 5.82 Å². The predicted molar refractivity (Wildman–Crippen MR) is 86.6 cm³/mol. The van der Waals surface area contributed by atoms with Crippen LogP contribution < -0.4 is 10.1 Å². The van der Waals surface area contributed by atoms with Gasteiger partial charge in [0.25, 0.3) is 0 Å². The minimum atomic E-state index is 0.0169. The van der Waals surface area contributed by atoms with E-state index < -0.39 is 0 Å². The van der Waals surface area contributed by atoms with Crippen LogP contribution in [-0.4, -0.2) is 27.6 Å². The molecule has 0 radical (unpaired) electrons. The zero-order chi connectivity index (χ0) is 14.7. The lowest BCUT2D eigenvalue weighted by atomic mass is 10.3. The predicted octanol–water partition coefficient (Wildman–Crippen LogP) is 3.60. The molecular weight excluding hydrogens is 332 g/mol. The highest BCUT2D eigenvalue weighted by molar-refractivity contribution is 9.10. The van der Waals surface area contributed by atoms with E-state index >= 15 is 0 Å². The van der Waals surface area contributed by atoms with E-state index in [0.29, 0.717) is 6.54 Å². The molecule has 5 nitrogen and oxygen atoms in total. The van der Waals surface area contributed by atoms with Gasteiger partial charge in [-0.3, -0.25) is 0 Å². The van der Waals surface area contributed by atoms with Crippen molar-refractivity contribution in [2.45, 2.75) is 13.0 Å². The molecule has 108 valence electrons. The molecule has 2 aromatic heterocycles. The van der Waals surface area contributed by atoms with Crippen molar-refractivity contribution in [3.05, 3.63) is 47.3 Å². The largest absolute Gasteiger partial charge is 0.489 e. The highest BCUT2D eigenvalue weighted by Gasteiger charge is 2.08. The van der Waals surface area contributed by atoms with Gasteiger partial charge in [-0.25, -0.2) is 9.97 Å². The van der Waals surface area contributed by atoms with E-state index in [4.69, 9.17) is 4.74 Å². The number of aromatic amines is 1. The maximum absolute atomic E-state index is 5.87. The van der Waals surface area contributed by atoms with Gasteiger partial charge in [0.1, 0.15) is 29.6 Å². The van der Waals surface area contributed by atoms with E-state index in [1.807, 2.05) is 43.5 Å². The van der Waals surface area contributed by atoms with E-state index in [2.05, 4.69) is 36.2 Å². The zero-order valence-electron chi connectivity index (χ0n) is 11.5. The molecule has 3 rings (SSSR count). The number of halogens is 1. The Morgan fingerprint density at radius 2 is 2.24 bits per heavy atom. The Hall–Kier alpha value is -2.08. The number of H-pyrrole nitrogens is 1. The van der Waals surface area contributed by atoms with Crippen LogP contribution in [0.15, 0.2) is 47.3 Å². The normalized spacial score (nSPS) is 12.3. The Kier molecular flexibility index (Phi) is 4.06. The van der Waals surface area contributed by atoms with Gasteiger partial charge < -0.3 is 15.0 Å². The van der Waals surface area contributed by atoms with Crippen LogP contribution in [-0.2, 0) is 0 Å². The molecule has 0 saturated carbocycles. The second-order valence-electron chi connectivity index (χ2n) is 4.73. The number of nitrogens with one attached hydrogen (secondary N) is 2. The van der Waals surface area contributed by atoms with Crippen molar-refractivity contribution in [1.29, 1.82) is 0 Å². The number of aromatic nitrogens is 3. The monoisotopic (exact) mass is 346 g/mol. The van der Waals surface area contributed by atoms with E-state index in [-0.39, 0.29) is 6.10 Å². The summed E-state index contributed by atoms with van der Waals surface area (Å²) in [6.07, 6.45) is 3.41. The van der Waals surface area contributed by atoms with Crippen molar-refractivity contribution in [3.63, 3.8) is 0 Å². The van der Waals surface area contributed by atoms with Crippen LogP contribution in [0.2, 0.25) is 0 Å². The summed E-state index contributed by atoms with van der Waals surface area (Å²) in [6.45, 7) is 2.67. The first-order valence-electron chi connectivity index (χ1n) is 6.66. The maximum Gasteiger partial charge on any atom is 0.142 e. The molecule has 21 heavy (non-hydrogen) atoms. The molecule has 2 N–H and O–H groups in total. The molecular formula is C15H15BrN4O. The number of ether oxygens (including phenoxy) is 1. The molecule has 2 heterocycles. The lowest BCUT2D eigenvalue weighted by Crippen LogP contribution is -2.23. The molecule has 1 unspecified atom stereocenters. The standard InChI is InChI=1S/C15H15BrN4O/c1-10(21-12-4-2-3-11(16)7-12)8-18-15-13-5-6-17-14(13)19-9-20-15/h2-7,9-10H,8H2,1H3,(H2,17,18,19,20). The molecule has 0 spiro atoms. The number of hydrogen-bond acceptors (Lipinski definition) is 4. The first-order valence-corrected chi connectivity index (χ1v) is 7.46. The maximum atomic E-state index is 5.87. The molecule has 0 saturated heterocycles. The molecule has 1 aromatic carbocycles. The number of anilines is 1. The fourth-order valence-electron chi connectivity index (χ4n) is 2.07. The first-order chi connectivity index (χ1) is 10.2. The topological polar surface area (TPSA) is 62.8 Å². The lowest BCUT2D eigenvalue weighted by molar-refractivity contribution is 0.234. The van der Waals surface area contributed by atoms with Crippen LogP contribution in [0.25, 0.3) is 11.0 Å². The summed E-state index contributed by atoms with van der Waals surface area (Å²) in [6, 6.07) is 9.77. The van der Waals surface area contributed by atoms with Crippen molar-refractivity contribution in [2.24, 2.45) is 0 Å². The lowest BCUT2D eigenvalue weighted by Gasteiger charge is -2.16. The molecule has 0 aliphatic carbocycles. The molecule has 0 aliphatic rings. The number of fused-ring (bicyclic) bond motifs is 1. The van der Waals surface area contributed by atoms with Gasteiger partial charge in [0.05, 0.1) is 11.9 Å². The Morgan fingerprint density at radius 3 is 3.10 bits per heavy atom. The first kappa shape index (κ1) is 13.9. The van der Waals surface area contributed by atoms with E-state index in [1.54, 1.807) is 6.33 Å². The average molecular weight is 347 g/mol. The Balaban J connectivity index is 1.63. The molecule has 3 aromatic rings. The Morgan fingerprint density at radius 1 is 1.33 bits per heavy atom. The van der Waals surface area contributed by atoms with Crippen molar-refractivity contribution >= 4 is 32.8 Å². The smallest absolute Gasteiger partial charge is 0.142 e. The van der Waals surface area contributed by atoms with Crippen LogP contribution in [0, 0.1) is 0 Å². The molecule has 1 atom stereocenters. The van der Waals surface area contributed by atoms with Gasteiger partial charge in [0.15, 0.2) is 0 Å². The number of rotatable bonds is 5. The number of nitrogens with zero attached hydrogens (tertiary/aromatic N) is 2. The van der Waals surface area contributed by atoms with Crippen LogP contribution in [0.5, 0.6) is 5.75 Å². The van der Waals surface area contributed by atoms with E-state index in [1.165, 1.54) is 0 Å². The SMILES string of the molecule is CC(CNc1ncnc2[nH]ccc12)Oc1cccc(Br)c1. The van der Waals surface area contributed by atoms with Crippen molar-refractivity contribution < 1.29 is 4.74 Å². The second-order valence-corrected chi connectivity index (χ2v) is 5.64. The third kappa shape index (κ3) is 3.33. The zero-order valence-corrected chi connectivity index (χ0v) is 13.1.